The number of nitrogens with zero attached hydrogens (tertiary/aromatic N) is 4. The number of hydrogen-bond acceptors (Lipinski definition) is 5. The van der Waals surface area contributed by atoms with Gasteiger partial charge in [0.2, 0.25) is 0 Å². The van der Waals surface area contributed by atoms with Gasteiger partial charge in [-0.15, -0.1) is 10.2 Å². The minimum Gasteiger partial charge on any atom is -0.420 e. The Kier molecular flexibility index (Phi) is 2.86. The van der Waals surface area contributed by atoms with Crippen molar-refractivity contribution in [1.82, 2.24) is 19.7 Å². The smallest absolute Gasteiger partial charge is 0.296 e. The summed E-state index contributed by atoms with van der Waals surface area (Å²) in [6, 6.07) is 4.90. The van der Waals surface area contributed by atoms with Gasteiger partial charge in [0.1, 0.15) is 11.8 Å². The van der Waals surface area contributed by atoms with Crippen molar-refractivity contribution in [1.29, 1.82) is 0 Å². The van der Waals surface area contributed by atoms with Crippen molar-refractivity contribution in [2.24, 2.45) is 0 Å². The molecule has 0 amide bonds. The van der Waals surface area contributed by atoms with Crippen LogP contribution in [0.3, 0.4) is 0 Å². The van der Waals surface area contributed by atoms with Crippen molar-refractivity contribution < 1.29 is 8.81 Å². The Bertz CT molecular complexity index is 705. The van der Waals surface area contributed by atoms with Gasteiger partial charge in [-0.2, -0.15) is 4.98 Å². The Hall–Kier alpha value is -2.44. The van der Waals surface area contributed by atoms with Crippen LogP contribution < -0.4 is 5.32 Å². The normalized spacial score (nSPS) is 11.1. The van der Waals surface area contributed by atoms with Crippen LogP contribution in [0.15, 0.2) is 28.9 Å². The van der Waals surface area contributed by atoms with E-state index in [4.69, 9.17) is 4.42 Å². The number of benzene rings is 1. The average Bonchev–Trinajstić information content (AvgIpc) is 3.02. The van der Waals surface area contributed by atoms with Gasteiger partial charge in [0.25, 0.3) is 6.01 Å². The summed E-state index contributed by atoms with van der Waals surface area (Å²) in [5, 5.41) is 10.8. The number of fused-ring (bicyclic) bond motifs is 1. The van der Waals surface area contributed by atoms with E-state index in [1.54, 1.807) is 18.5 Å². The number of aromatic nitrogens is 4. The predicted octanol–water partition coefficient (Wildman–Crippen LogP) is 2.19. The number of anilines is 1. The summed E-state index contributed by atoms with van der Waals surface area (Å²) < 4.78 is 20.7. The molecule has 6 nitrogen and oxygen atoms in total. The number of aryl methyl sites for hydroxylation is 1. The molecule has 0 saturated heterocycles. The molecule has 19 heavy (non-hydrogen) atoms. The lowest BCUT2D eigenvalue weighted by Gasteiger charge is -2.02. The molecule has 0 radical (unpaired) electrons. The van der Waals surface area contributed by atoms with E-state index in [2.05, 4.69) is 20.5 Å². The molecule has 0 aliphatic heterocycles. The van der Waals surface area contributed by atoms with E-state index in [0.29, 0.717) is 12.1 Å². The van der Waals surface area contributed by atoms with Crippen LogP contribution in [0.25, 0.3) is 11.1 Å². The second-order valence-corrected chi connectivity index (χ2v) is 3.99. The van der Waals surface area contributed by atoms with Gasteiger partial charge in [-0.1, -0.05) is 6.07 Å². The van der Waals surface area contributed by atoms with Crippen molar-refractivity contribution >= 4 is 17.1 Å². The van der Waals surface area contributed by atoms with Gasteiger partial charge in [-0.3, -0.25) is 0 Å². The molecular weight excluding hydrogens is 249 g/mol. The molecule has 1 aromatic carbocycles. The van der Waals surface area contributed by atoms with Crippen LogP contribution in [0.4, 0.5) is 10.4 Å². The molecule has 2 heterocycles. The third kappa shape index (κ3) is 2.14. The molecule has 7 heteroatoms. The highest BCUT2D eigenvalue weighted by atomic mass is 19.1. The van der Waals surface area contributed by atoms with Crippen LogP contribution in [0, 0.1) is 5.82 Å². The molecule has 98 valence electrons. The summed E-state index contributed by atoms with van der Waals surface area (Å²) in [6.45, 7) is 3.20. The number of rotatable bonds is 4. The molecule has 1 N–H and O–H groups in total. The molecule has 0 atom stereocenters. The van der Waals surface area contributed by atoms with E-state index in [9.17, 15) is 4.39 Å². The van der Waals surface area contributed by atoms with E-state index in [1.165, 1.54) is 6.07 Å². The van der Waals surface area contributed by atoms with Gasteiger partial charge in [0.15, 0.2) is 17.2 Å². The van der Waals surface area contributed by atoms with Gasteiger partial charge >= 0.3 is 0 Å². The summed E-state index contributed by atoms with van der Waals surface area (Å²) in [7, 11) is 0. The van der Waals surface area contributed by atoms with Gasteiger partial charge in [0, 0.05) is 6.54 Å². The third-order valence-electron chi connectivity index (χ3n) is 2.80. The fourth-order valence-electron chi connectivity index (χ4n) is 1.83. The molecule has 0 fully saturated rings. The third-order valence-corrected chi connectivity index (χ3v) is 2.80. The first-order valence-electron chi connectivity index (χ1n) is 5.93. The van der Waals surface area contributed by atoms with E-state index >= 15 is 0 Å². The minimum absolute atomic E-state index is 0.155. The quantitative estimate of drug-likeness (QED) is 0.779. The summed E-state index contributed by atoms with van der Waals surface area (Å²) in [4.78, 5) is 4.15. The van der Waals surface area contributed by atoms with Gasteiger partial charge in [-0.25, -0.2) is 4.39 Å². The largest absolute Gasteiger partial charge is 0.420 e. The number of para-hydroxylation sites is 1. The van der Waals surface area contributed by atoms with Gasteiger partial charge < -0.3 is 14.3 Å². The fourth-order valence-corrected chi connectivity index (χ4v) is 1.83. The topological polar surface area (TPSA) is 68.8 Å². The number of oxazole rings is 1. The molecule has 0 bridgehead atoms. The highest BCUT2D eigenvalue weighted by Crippen LogP contribution is 2.21. The van der Waals surface area contributed by atoms with Crippen molar-refractivity contribution in [3.05, 3.63) is 36.2 Å². The van der Waals surface area contributed by atoms with Gasteiger partial charge in [-0.05, 0) is 19.1 Å². The summed E-state index contributed by atoms with van der Waals surface area (Å²) >= 11 is 0. The second-order valence-electron chi connectivity index (χ2n) is 3.99. The molecule has 0 unspecified atom stereocenters. The Morgan fingerprint density at radius 3 is 3.11 bits per heavy atom. The lowest BCUT2D eigenvalue weighted by atomic mass is 10.3. The van der Waals surface area contributed by atoms with Crippen LogP contribution in [0.1, 0.15) is 12.7 Å². The zero-order chi connectivity index (χ0) is 13.2. The monoisotopic (exact) mass is 261 g/mol. The molecule has 0 saturated carbocycles. The van der Waals surface area contributed by atoms with Crippen molar-refractivity contribution in [2.45, 2.75) is 20.0 Å². The number of hydrogen-bond donors (Lipinski definition) is 1. The van der Waals surface area contributed by atoms with Crippen LogP contribution in [0.2, 0.25) is 0 Å². The predicted molar refractivity (Wildman–Crippen MR) is 67.0 cm³/mol. The summed E-state index contributed by atoms with van der Waals surface area (Å²) in [5.74, 6) is 0.347. The van der Waals surface area contributed by atoms with Crippen LogP contribution in [-0.4, -0.2) is 19.7 Å². The van der Waals surface area contributed by atoms with Crippen LogP contribution in [-0.2, 0) is 13.1 Å². The lowest BCUT2D eigenvalue weighted by Crippen LogP contribution is -2.07. The van der Waals surface area contributed by atoms with Crippen LogP contribution in [0.5, 0.6) is 0 Å². The molecule has 2 aromatic heterocycles. The Balaban J connectivity index is 1.80. The molecule has 3 rings (SSSR count). The highest BCUT2D eigenvalue weighted by molar-refractivity contribution is 5.74. The number of nitrogens with one attached hydrogen (secondary N) is 1. The van der Waals surface area contributed by atoms with E-state index < -0.39 is 5.82 Å². The molecule has 0 aliphatic carbocycles. The lowest BCUT2D eigenvalue weighted by molar-refractivity contribution is 0.560. The summed E-state index contributed by atoms with van der Waals surface area (Å²) in [6.07, 6.45) is 1.66. The van der Waals surface area contributed by atoms with E-state index in [-0.39, 0.29) is 11.6 Å². The van der Waals surface area contributed by atoms with E-state index in [1.807, 2.05) is 11.5 Å². The zero-order valence-electron chi connectivity index (χ0n) is 10.3. The second kappa shape index (κ2) is 4.68. The Labute approximate surface area is 108 Å². The first-order chi connectivity index (χ1) is 9.28. The zero-order valence-corrected chi connectivity index (χ0v) is 10.3. The minimum atomic E-state index is -0.422. The van der Waals surface area contributed by atoms with Crippen LogP contribution >= 0.6 is 0 Å². The first-order valence-corrected chi connectivity index (χ1v) is 5.93. The maximum absolute atomic E-state index is 13.4. The first kappa shape index (κ1) is 11.6. The van der Waals surface area contributed by atoms with E-state index in [0.717, 1.165) is 12.4 Å². The molecule has 0 spiro atoms. The Morgan fingerprint density at radius 2 is 2.32 bits per heavy atom. The highest BCUT2D eigenvalue weighted by Gasteiger charge is 2.10. The summed E-state index contributed by atoms with van der Waals surface area (Å²) in [5.41, 5.74) is 0.640. The average molecular weight is 261 g/mol. The fraction of sp³-hybridized carbons (Fsp3) is 0.250. The molecule has 0 aliphatic rings. The maximum atomic E-state index is 13.4. The standard InChI is InChI=1S/C12H12FN5O/c1-2-18-7-15-17-10(18)6-14-12-16-9-5-3-4-8(13)11(9)19-12/h3-5,7H,2,6H2,1H3,(H,14,16). The SMILES string of the molecule is CCn1cnnc1CNc1nc2cccc(F)c2o1. The van der Waals surface area contributed by atoms with Crippen molar-refractivity contribution in [3.63, 3.8) is 0 Å². The Morgan fingerprint density at radius 1 is 1.42 bits per heavy atom. The maximum Gasteiger partial charge on any atom is 0.296 e. The van der Waals surface area contributed by atoms with Crippen molar-refractivity contribution in [3.8, 4) is 0 Å². The van der Waals surface area contributed by atoms with Crippen molar-refractivity contribution in [2.75, 3.05) is 5.32 Å². The number of halogens is 1. The molecular formula is C12H12FN5O. The van der Waals surface area contributed by atoms with Gasteiger partial charge in [0.05, 0.1) is 6.54 Å². The molecule has 3 aromatic rings.